The summed E-state index contributed by atoms with van der Waals surface area (Å²) in [6.45, 7) is 3.89. The van der Waals surface area contributed by atoms with Crippen LogP contribution in [0.25, 0.3) is 11.1 Å². The Morgan fingerprint density at radius 2 is 1.88 bits per heavy atom. The van der Waals surface area contributed by atoms with Gasteiger partial charge in [0.25, 0.3) is 5.91 Å². The van der Waals surface area contributed by atoms with Crippen LogP contribution in [-0.2, 0) is 0 Å². The third kappa shape index (κ3) is 3.38. The average molecular weight is 339 g/mol. The minimum absolute atomic E-state index is 0.0903. The van der Waals surface area contributed by atoms with E-state index < -0.39 is 11.7 Å². The zero-order valence-corrected chi connectivity index (χ0v) is 14.2. The van der Waals surface area contributed by atoms with Gasteiger partial charge in [0.2, 0.25) is 0 Å². The second kappa shape index (κ2) is 6.76. The molecule has 0 bridgehead atoms. The number of aromatic amines is 1. The van der Waals surface area contributed by atoms with Crippen molar-refractivity contribution >= 4 is 11.7 Å². The monoisotopic (exact) mass is 339 g/mol. The standard InChI is InChI=1S/C19H18FN3O2/c1-11-4-6-13(7-5-11)17-12(2)22-23-18(17)21-19(24)14-8-9-16(25-3)15(20)10-14/h4-10H,1-3H3,(H2,21,22,23,24). The van der Waals surface area contributed by atoms with E-state index in [2.05, 4.69) is 15.5 Å². The highest BCUT2D eigenvalue weighted by Crippen LogP contribution is 2.30. The van der Waals surface area contributed by atoms with Crippen LogP contribution in [0.5, 0.6) is 5.75 Å². The van der Waals surface area contributed by atoms with Gasteiger partial charge < -0.3 is 10.1 Å². The molecule has 128 valence electrons. The van der Waals surface area contributed by atoms with Crippen LogP contribution in [0.2, 0.25) is 0 Å². The number of carbonyl (C=O) groups is 1. The molecule has 0 atom stereocenters. The molecule has 0 radical (unpaired) electrons. The second-order valence-electron chi connectivity index (χ2n) is 5.74. The summed E-state index contributed by atoms with van der Waals surface area (Å²) < 4.78 is 18.7. The molecule has 1 aromatic heterocycles. The van der Waals surface area contributed by atoms with Crippen LogP contribution < -0.4 is 10.1 Å². The molecule has 0 saturated heterocycles. The number of methoxy groups -OCH3 is 1. The lowest BCUT2D eigenvalue weighted by atomic mass is 10.0. The first-order valence-electron chi connectivity index (χ1n) is 7.76. The van der Waals surface area contributed by atoms with Crippen LogP contribution in [0.3, 0.4) is 0 Å². The van der Waals surface area contributed by atoms with Gasteiger partial charge in [-0.05, 0) is 37.6 Å². The Balaban J connectivity index is 1.90. The van der Waals surface area contributed by atoms with Gasteiger partial charge in [-0.3, -0.25) is 9.89 Å². The summed E-state index contributed by atoms with van der Waals surface area (Å²) in [5.41, 5.74) is 3.91. The van der Waals surface area contributed by atoms with Crippen LogP contribution in [0.4, 0.5) is 10.2 Å². The van der Waals surface area contributed by atoms with Gasteiger partial charge in [0.15, 0.2) is 17.4 Å². The van der Waals surface area contributed by atoms with Gasteiger partial charge in [0.1, 0.15) is 0 Å². The Bertz CT molecular complexity index is 917. The van der Waals surface area contributed by atoms with E-state index in [1.807, 2.05) is 38.1 Å². The van der Waals surface area contributed by atoms with E-state index in [1.54, 1.807) is 0 Å². The van der Waals surface area contributed by atoms with E-state index in [9.17, 15) is 9.18 Å². The lowest BCUT2D eigenvalue weighted by Crippen LogP contribution is -2.13. The van der Waals surface area contributed by atoms with E-state index in [1.165, 1.54) is 19.2 Å². The molecule has 0 aliphatic rings. The van der Waals surface area contributed by atoms with Crippen molar-refractivity contribution < 1.29 is 13.9 Å². The van der Waals surface area contributed by atoms with E-state index >= 15 is 0 Å². The molecule has 0 unspecified atom stereocenters. The summed E-state index contributed by atoms with van der Waals surface area (Å²) in [4.78, 5) is 12.4. The Morgan fingerprint density at radius 1 is 1.16 bits per heavy atom. The molecule has 2 aromatic carbocycles. The summed E-state index contributed by atoms with van der Waals surface area (Å²) in [5, 5.41) is 9.78. The SMILES string of the molecule is COc1ccc(C(=O)Nc2n[nH]c(C)c2-c2ccc(C)cc2)cc1F. The molecule has 1 amide bonds. The van der Waals surface area contributed by atoms with Crippen LogP contribution in [0.1, 0.15) is 21.6 Å². The van der Waals surface area contributed by atoms with Gasteiger partial charge in [0.05, 0.1) is 7.11 Å². The number of benzene rings is 2. The van der Waals surface area contributed by atoms with Crippen molar-refractivity contribution in [2.45, 2.75) is 13.8 Å². The van der Waals surface area contributed by atoms with Crippen molar-refractivity contribution in [1.29, 1.82) is 0 Å². The fraction of sp³-hybridized carbons (Fsp3) is 0.158. The molecule has 0 fully saturated rings. The maximum atomic E-state index is 13.8. The van der Waals surface area contributed by atoms with E-state index in [0.717, 1.165) is 28.5 Å². The number of amides is 1. The molecule has 0 aliphatic carbocycles. The molecule has 2 N–H and O–H groups in total. The van der Waals surface area contributed by atoms with E-state index in [4.69, 9.17) is 4.74 Å². The number of ether oxygens (including phenoxy) is 1. The minimum Gasteiger partial charge on any atom is -0.494 e. The Kier molecular flexibility index (Phi) is 4.52. The smallest absolute Gasteiger partial charge is 0.256 e. The topological polar surface area (TPSA) is 67.0 Å². The Hall–Kier alpha value is -3.15. The van der Waals surface area contributed by atoms with Crippen molar-refractivity contribution in [3.63, 3.8) is 0 Å². The van der Waals surface area contributed by atoms with Crippen LogP contribution in [0, 0.1) is 19.7 Å². The van der Waals surface area contributed by atoms with Crippen LogP contribution >= 0.6 is 0 Å². The normalized spacial score (nSPS) is 10.6. The minimum atomic E-state index is -0.591. The third-order valence-corrected chi connectivity index (χ3v) is 3.93. The highest BCUT2D eigenvalue weighted by atomic mass is 19.1. The molecular formula is C19H18FN3O2. The number of anilines is 1. The van der Waals surface area contributed by atoms with Crippen molar-refractivity contribution in [1.82, 2.24) is 10.2 Å². The number of aromatic nitrogens is 2. The number of halogens is 1. The van der Waals surface area contributed by atoms with Crippen molar-refractivity contribution in [3.8, 4) is 16.9 Å². The number of aryl methyl sites for hydroxylation is 2. The number of hydrogen-bond acceptors (Lipinski definition) is 3. The summed E-state index contributed by atoms with van der Waals surface area (Å²) in [7, 11) is 1.37. The van der Waals surface area contributed by atoms with Gasteiger partial charge in [-0.15, -0.1) is 0 Å². The molecule has 25 heavy (non-hydrogen) atoms. The predicted octanol–water partition coefficient (Wildman–Crippen LogP) is 4.09. The Labute approximate surface area is 144 Å². The van der Waals surface area contributed by atoms with Crippen LogP contribution in [-0.4, -0.2) is 23.2 Å². The fourth-order valence-electron chi connectivity index (χ4n) is 2.58. The zero-order valence-electron chi connectivity index (χ0n) is 14.2. The maximum absolute atomic E-state index is 13.8. The first-order chi connectivity index (χ1) is 12.0. The first-order valence-corrected chi connectivity index (χ1v) is 7.76. The molecule has 0 saturated carbocycles. The number of rotatable bonds is 4. The quantitative estimate of drug-likeness (QED) is 0.752. The van der Waals surface area contributed by atoms with E-state index in [0.29, 0.717) is 5.82 Å². The van der Waals surface area contributed by atoms with Gasteiger partial charge in [-0.1, -0.05) is 29.8 Å². The van der Waals surface area contributed by atoms with Gasteiger partial charge in [-0.25, -0.2) is 4.39 Å². The van der Waals surface area contributed by atoms with Crippen molar-refractivity contribution in [3.05, 3.63) is 65.1 Å². The first kappa shape index (κ1) is 16.7. The summed E-state index contributed by atoms with van der Waals surface area (Å²) in [6, 6.07) is 12.0. The molecule has 6 heteroatoms. The molecule has 3 rings (SSSR count). The lowest BCUT2D eigenvalue weighted by molar-refractivity contribution is 0.102. The van der Waals surface area contributed by atoms with Crippen LogP contribution in [0.15, 0.2) is 42.5 Å². The number of H-pyrrole nitrogens is 1. The van der Waals surface area contributed by atoms with Gasteiger partial charge >= 0.3 is 0 Å². The maximum Gasteiger partial charge on any atom is 0.256 e. The number of carbonyl (C=O) groups excluding carboxylic acids is 1. The summed E-state index contributed by atoms with van der Waals surface area (Å²) in [5.74, 6) is -0.538. The molecule has 3 aromatic rings. The molecule has 0 aliphatic heterocycles. The van der Waals surface area contributed by atoms with Crippen molar-refractivity contribution in [2.75, 3.05) is 12.4 Å². The third-order valence-electron chi connectivity index (χ3n) is 3.93. The molecular weight excluding hydrogens is 321 g/mol. The Morgan fingerprint density at radius 3 is 2.52 bits per heavy atom. The molecule has 1 heterocycles. The second-order valence-corrected chi connectivity index (χ2v) is 5.74. The van der Waals surface area contributed by atoms with Gasteiger partial charge in [0, 0.05) is 16.8 Å². The van der Waals surface area contributed by atoms with Gasteiger partial charge in [-0.2, -0.15) is 5.10 Å². The molecule has 5 nitrogen and oxygen atoms in total. The molecule has 0 spiro atoms. The lowest BCUT2D eigenvalue weighted by Gasteiger charge is -2.08. The largest absolute Gasteiger partial charge is 0.494 e. The van der Waals surface area contributed by atoms with E-state index in [-0.39, 0.29) is 11.3 Å². The number of hydrogen-bond donors (Lipinski definition) is 2. The zero-order chi connectivity index (χ0) is 18.0. The fourth-order valence-corrected chi connectivity index (χ4v) is 2.58. The highest BCUT2D eigenvalue weighted by Gasteiger charge is 2.17. The predicted molar refractivity (Wildman–Crippen MR) is 94.4 cm³/mol. The van der Waals surface area contributed by atoms with Crippen molar-refractivity contribution in [2.24, 2.45) is 0 Å². The number of nitrogens with one attached hydrogen (secondary N) is 2. The summed E-state index contributed by atoms with van der Waals surface area (Å²) >= 11 is 0. The average Bonchev–Trinajstić information content (AvgIpc) is 2.96. The summed E-state index contributed by atoms with van der Waals surface area (Å²) in [6.07, 6.45) is 0. The highest BCUT2D eigenvalue weighted by molar-refractivity contribution is 6.05. The number of nitrogens with zero attached hydrogens (tertiary/aromatic N) is 1.